The van der Waals surface area contributed by atoms with Gasteiger partial charge in [-0.1, -0.05) is 0 Å². The third-order valence-electron chi connectivity index (χ3n) is 0.501. The molecule has 1 aliphatic rings. The molecule has 0 spiro atoms. The summed E-state index contributed by atoms with van der Waals surface area (Å²) in [6.07, 6.45) is -0.708. The fourth-order valence-electron chi connectivity index (χ4n) is 0.240. The van der Waals surface area contributed by atoms with Crippen molar-refractivity contribution in [1.82, 2.24) is 0 Å². The van der Waals surface area contributed by atoms with Crippen molar-refractivity contribution in [2.24, 2.45) is 5.73 Å². The first kappa shape index (κ1) is 4.07. The fourth-order valence-corrected chi connectivity index (χ4v) is 0.240. The molecule has 0 radical (unpaired) electrons. The molecular weight excluding hydrogens is 84.8 g/mol. The first-order valence-corrected chi connectivity index (χ1v) is 1.53. The molecule has 0 amide bonds. The molecule has 1 heterocycles. The van der Waals surface area contributed by atoms with Crippen LogP contribution in [0.1, 0.15) is 0 Å². The van der Waals surface area contributed by atoms with Crippen molar-refractivity contribution in [3.63, 3.8) is 0 Å². The first-order valence-electron chi connectivity index (χ1n) is 1.53. The Kier molecular flexibility index (Phi) is 0.813. The van der Waals surface area contributed by atoms with Crippen LogP contribution in [-0.4, -0.2) is 18.8 Å². The first-order chi connectivity index (χ1) is 2.79. The van der Waals surface area contributed by atoms with Gasteiger partial charge in [-0.2, -0.15) is 0 Å². The van der Waals surface area contributed by atoms with E-state index in [1.807, 2.05) is 0 Å². The van der Waals surface area contributed by atoms with Crippen LogP contribution < -0.4 is 5.73 Å². The summed E-state index contributed by atoms with van der Waals surface area (Å²) in [7, 11) is -1.08. The van der Waals surface area contributed by atoms with Gasteiger partial charge < -0.3 is 14.3 Å². The third-order valence-corrected chi connectivity index (χ3v) is 0.501. The van der Waals surface area contributed by atoms with Gasteiger partial charge in [-0.05, 0) is 0 Å². The predicted molar refractivity (Wildman–Crippen MR) is 18.1 cm³/mol. The summed E-state index contributed by atoms with van der Waals surface area (Å²) in [5, 5.41) is 8.09. The van der Waals surface area contributed by atoms with Gasteiger partial charge in [0, 0.05) is 0 Å². The van der Waals surface area contributed by atoms with E-state index in [0.717, 1.165) is 0 Å². The fraction of sp³-hybridized carbons (Fsp3) is 1.00. The average molecular weight is 88.9 g/mol. The van der Waals surface area contributed by atoms with Gasteiger partial charge in [0.1, 0.15) is 0 Å². The van der Waals surface area contributed by atoms with E-state index in [-0.39, 0.29) is 0 Å². The molecule has 0 saturated carbocycles. The van der Waals surface area contributed by atoms with Crippen LogP contribution in [0.3, 0.4) is 0 Å². The van der Waals surface area contributed by atoms with E-state index in [1.54, 1.807) is 0 Å². The van der Waals surface area contributed by atoms with Crippen molar-refractivity contribution < 1.29 is 14.3 Å². The minimum absolute atomic E-state index is 0.708. The Morgan fingerprint density at radius 3 is 2.17 bits per heavy atom. The van der Waals surface area contributed by atoms with Crippen LogP contribution in [0.2, 0.25) is 0 Å². The highest BCUT2D eigenvalue weighted by Crippen LogP contribution is 2.01. The number of hydrogen-bond donors (Lipinski definition) is 2. The van der Waals surface area contributed by atoms with E-state index in [4.69, 9.17) is 10.8 Å². The van der Waals surface area contributed by atoms with Crippen LogP contribution >= 0.6 is 0 Å². The maximum atomic E-state index is 8.09. The molecule has 1 saturated heterocycles. The molecule has 34 valence electrons. The molecule has 0 aliphatic carbocycles. The molecule has 0 aromatic carbocycles. The van der Waals surface area contributed by atoms with Crippen LogP contribution in [-0.2, 0) is 9.31 Å². The molecule has 0 atom stereocenters. The molecule has 0 unspecified atom stereocenters. The lowest BCUT2D eigenvalue weighted by molar-refractivity contribution is -0.139. The molecule has 6 heavy (non-hydrogen) atoms. The van der Waals surface area contributed by atoms with Crippen LogP contribution in [0, 0.1) is 0 Å². The summed E-state index contributed by atoms with van der Waals surface area (Å²) in [4.78, 5) is 0. The lowest BCUT2D eigenvalue weighted by Crippen LogP contribution is -2.50. The SMILES string of the molecule is NC1OB(O)O1. The summed E-state index contributed by atoms with van der Waals surface area (Å²) in [6, 6.07) is 0. The largest absolute Gasteiger partial charge is 0.642 e. The molecule has 3 N–H and O–H groups in total. The van der Waals surface area contributed by atoms with Gasteiger partial charge in [0.15, 0.2) is 6.41 Å². The summed E-state index contributed by atoms with van der Waals surface area (Å²) in [6.45, 7) is 0. The second kappa shape index (κ2) is 1.20. The highest BCUT2D eigenvalue weighted by molar-refractivity contribution is 6.36. The Hall–Kier alpha value is -0.0951. The monoisotopic (exact) mass is 89.0 g/mol. The van der Waals surface area contributed by atoms with Crippen LogP contribution in [0.25, 0.3) is 0 Å². The van der Waals surface area contributed by atoms with E-state index >= 15 is 0 Å². The average Bonchev–Trinajstić information content (AvgIpc) is 1.33. The van der Waals surface area contributed by atoms with E-state index in [2.05, 4.69) is 9.31 Å². The molecule has 1 aliphatic heterocycles. The lowest BCUT2D eigenvalue weighted by Gasteiger charge is -2.24. The topological polar surface area (TPSA) is 64.7 Å². The third kappa shape index (κ3) is 0.527. The van der Waals surface area contributed by atoms with Crippen molar-refractivity contribution in [1.29, 1.82) is 0 Å². The normalized spacial score (nSPS) is 24.0. The lowest BCUT2D eigenvalue weighted by atomic mass is 10.2. The zero-order chi connectivity index (χ0) is 4.57. The second-order valence-corrected chi connectivity index (χ2v) is 0.948. The summed E-state index contributed by atoms with van der Waals surface area (Å²) in [5.74, 6) is 0. The van der Waals surface area contributed by atoms with Crippen molar-refractivity contribution in [3.8, 4) is 0 Å². The van der Waals surface area contributed by atoms with Crippen LogP contribution in [0.5, 0.6) is 0 Å². The number of rotatable bonds is 0. The minimum Gasteiger partial charge on any atom is -0.401 e. The Bertz CT molecular complexity index is 46.8. The smallest absolute Gasteiger partial charge is 0.401 e. The number of hydrogen-bond acceptors (Lipinski definition) is 4. The second-order valence-electron chi connectivity index (χ2n) is 0.948. The minimum atomic E-state index is -1.08. The maximum absolute atomic E-state index is 8.09. The van der Waals surface area contributed by atoms with E-state index in [1.165, 1.54) is 0 Å². The molecule has 1 fully saturated rings. The Morgan fingerprint density at radius 2 is 2.17 bits per heavy atom. The van der Waals surface area contributed by atoms with Gasteiger partial charge in [0.05, 0.1) is 0 Å². The van der Waals surface area contributed by atoms with Crippen molar-refractivity contribution >= 4 is 7.32 Å². The molecule has 5 heteroatoms. The quantitative estimate of drug-likeness (QED) is 0.345. The standard InChI is InChI=1S/CH4BNO3/c3-1-5-2(4)6-1/h1,4H,3H2. The van der Waals surface area contributed by atoms with Gasteiger partial charge in [-0.25, -0.2) is 0 Å². The molecule has 0 aromatic rings. The van der Waals surface area contributed by atoms with Crippen molar-refractivity contribution in [3.05, 3.63) is 0 Å². The van der Waals surface area contributed by atoms with Crippen molar-refractivity contribution in [2.45, 2.75) is 6.41 Å². The predicted octanol–water partition coefficient (Wildman–Crippen LogP) is -1.75. The van der Waals surface area contributed by atoms with Gasteiger partial charge in [0.25, 0.3) is 0 Å². The summed E-state index contributed by atoms with van der Waals surface area (Å²) < 4.78 is 8.50. The van der Waals surface area contributed by atoms with E-state index in [9.17, 15) is 0 Å². The van der Waals surface area contributed by atoms with E-state index < -0.39 is 13.7 Å². The van der Waals surface area contributed by atoms with Gasteiger partial charge >= 0.3 is 7.32 Å². The van der Waals surface area contributed by atoms with Crippen molar-refractivity contribution in [2.75, 3.05) is 0 Å². The number of nitrogens with two attached hydrogens (primary N) is 1. The Labute approximate surface area is 35.0 Å². The zero-order valence-electron chi connectivity index (χ0n) is 3.00. The zero-order valence-corrected chi connectivity index (χ0v) is 3.00. The van der Waals surface area contributed by atoms with Gasteiger partial charge in [-0.3, -0.25) is 5.73 Å². The van der Waals surface area contributed by atoms with E-state index in [0.29, 0.717) is 0 Å². The summed E-state index contributed by atoms with van der Waals surface area (Å²) in [5.41, 5.74) is 4.86. The van der Waals surface area contributed by atoms with Gasteiger partial charge in [0.2, 0.25) is 0 Å². The molecular formula is CH4BNO3. The summed E-state index contributed by atoms with van der Waals surface area (Å²) >= 11 is 0. The maximum Gasteiger partial charge on any atom is 0.642 e. The highest BCUT2D eigenvalue weighted by atomic mass is 16.9. The molecule has 0 aromatic heterocycles. The van der Waals surface area contributed by atoms with Crippen LogP contribution in [0.4, 0.5) is 0 Å². The Morgan fingerprint density at radius 1 is 1.67 bits per heavy atom. The molecule has 4 nitrogen and oxygen atoms in total. The molecule has 1 rings (SSSR count). The highest BCUT2D eigenvalue weighted by Gasteiger charge is 2.32. The van der Waals surface area contributed by atoms with Gasteiger partial charge in [-0.15, -0.1) is 0 Å². The van der Waals surface area contributed by atoms with Crippen LogP contribution in [0.15, 0.2) is 0 Å². The Balaban J connectivity index is 2.11. The molecule has 0 bridgehead atoms.